The Hall–Kier alpha value is -5.10. The molecule has 4 aromatic heterocycles. The van der Waals surface area contributed by atoms with Crippen LogP contribution in [0.4, 0.5) is 0 Å². The molecule has 0 saturated heterocycles. The number of fused-ring (bicyclic) bond motifs is 2. The van der Waals surface area contributed by atoms with Crippen molar-refractivity contribution in [2.75, 3.05) is 0 Å². The van der Waals surface area contributed by atoms with Gasteiger partial charge < -0.3 is 8.83 Å². The molecule has 6 nitrogen and oxygen atoms in total. The lowest BCUT2D eigenvalue weighted by molar-refractivity contribution is 0.569. The van der Waals surface area contributed by atoms with Crippen LogP contribution in [0.15, 0.2) is 119 Å². The topological polar surface area (TPSA) is 77.8 Å². The van der Waals surface area contributed by atoms with E-state index in [9.17, 15) is 0 Å². The molecule has 0 amide bonds. The summed E-state index contributed by atoms with van der Waals surface area (Å²) in [6, 6.07) is 25.1. The number of benzene rings is 3. The van der Waals surface area contributed by atoms with Gasteiger partial charge in [-0.15, -0.1) is 0 Å². The third kappa shape index (κ3) is 3.27. The normalized spacial score (nSPS) is 11.3. The Bertz CT molecular complexity index is 1610. The van der Waals surface area contributed by atoms with Gasteiger partial charge in [0.05, 0.1) is 12.4 Å². The van der Waals surface area contributed by atoms with Crippen LogP contribution in [0.1, 0.15) is 0 Å². The standard InChI is InChI=1S/C30H18N4O2/c1-2-6-22-21(5-1)29(19-9-11-25(33-13-19)27-15-31-17-35-27)23-7-3-4-8-24(23)30(22)20-10-12-26(34-14-20)28-16-32-18-36-28/h1-18H. The molecule has 6 heteroatoms. The molecule has 4 heterocycles. The molecule has 0 spiro atoms. The Morgan fingerprint density at radius 3 is 1.17 bits per heavy atom. The highest BCUT2D eigenvalue weighted by molar-refractivity contribution is 6.21. The zero-order chi connectivity index (χ0) is 23.9. The van der Waals surface area contributed by atoms with E-state index in [2.05, 4.69) is 80.6 Å². The van der Waals surface area contributed by atoms with Gasteiger partial charge in [0, 0.05) is 23.5 Å². The van der Waals surface area contributed by atoms with Crippen molar-refractivity contribution in [3.8, 4) is 45.2 Å². The van der Waals surface area contributed by atoms with E-state index in [0.717, 1.165) is 55.2 Å². The smallest absolute Gasteiger partial charge is 0.181 e. The van der Waals surface area contributed by atoms with E-state index in [1.807, 2.05) is 24.5 Å². The van der Waals surface area contributed by atoms with Crippen LogP contribution in [-0.4, -0.2) is 19.9 Å². The molecule has 0 unspecified atom stereocenters. The molecule has 7 rings (SSSR count). The Balaban J connectivity index is 1.45. The minimum Gasteiger partial charge on any atom is -0.442 e. The van der Waals surface area contributed by atoms with Gasteiger partial charge >= 0.3 is 0 Å². The predicted molar refractivity (Wildman–Crippen MR) is 139 cm³/mol. The van der Waals surface area contributed by atoms with Crippen molar-refractivity contribution in [2.45, 2.75) is 0 Å². The average Bonchev–Trinajstić information content (AvgIpc) is 3.67. The fourth-order valence-electron chi connectivity index (χ4n) is 4.81. The lowest BCUT2D eigenvalue weighted by atomic mass is 9.86. The molecule has 0 N–H and O–H groups in total. The van der Waals surface area contributed by atoms with Crippen molar-refractivity contribution >= 4 is 21.5 Å². The van der Waals surface area contributed by atoms with Crippen LogP contribution in [0, 0.1) is 0 Å². The molecular weight excluding hydrogens is 448 g/mol. The van der Waals surface area contributed by atoms with Crippen LogP contribution in [0.5, 0.6) is 0 Å². The number of nitrogens with zero attached hydrogens (tertiary/aromatic N) is 4. The Morgan fingerprint density at radius 2 is 0.861 bits per heavy atom. The molecule has 0 radical (unpaired) electrons. The van der Waals surface area contributed by atoms with E-state index in [4.69, 9.17) is 8.83 Å². The van der Waals surface area contributed by atoms with Crippen LogP contribution in [0.2, 0.25) is 0 Å². The summed E-state index contributed by atoms with van der Waals surface area (Å²) >= 11 is 0. The maximum absolute atomic E-state index is 5.41. The largest absolute Gasteiger partial charge is 0.442 e. The van der Waals surface area contributed by atoms with Gasteiger partial charge in [-0.25, -0.2) is 9.97 Å². The molecule has 36 heavy (non-hydrogen) atoms. The number of aromatic nitrogens is 4. The first kappa shape index (κ1) is 20.3. The highest BCUT2D eigenvalue weighted by atomic mass is 16.3. The summed E-state index contributed by atoms with van der Waals surface area (Å²) in [5.41, 5.74) is 5.87. The summed E-state index contributed by atoms with van der Waals surface area (Å²) in [6.45, 7) is 0. The third-order valence-corrected chi connectivity index (χ3v) is 6.41. The van der Waals surface area contributed by atoms with Crippen LogP contribution in [-0.2, 0) is 0 Å². The van der Waals surface area contributed by atoms with Gasteiger partial charge in [-0.1, -0.05) is 60.7 Å². The van der Waals surface area contributed by atoms with Crippen molar-refractivity contribution in [3.63, 3.8) is 0 Å². The number of hydrogen-bond donors (Lipinski definition) is 0. The highest BCUT2D eigenvalue weighted by Crippen LogP contribution is 2.43. The molecule has 0 saturated carbocycles. The minimum absolute atomic E-state index is 0.646. The van der Waals surface area contributed by atoms with Gasteiger partial charge in [-0.3, -0.25) is 9.97 Å². The molecule has 0 bridgehead atoms. The van der Waals surface area contributed by atoms with Crippen LogP contribution >= 0.6 is 0 Å². The van der Waals surface area contributed by atoms with Gasteiger partial charge in [0.1, 0.15) is 11.4 Å². The lowest BCUT2D eigenvalue weighted by Crippen LogP contribution is -1.92. The monoisotopic (exact) mass is 466 g/mol. The fraction of sp³-hybridized carbons (Fsp3) is 0. The predicted octanol–water partition coefficient (Wildman–Crippen LogP) is 7.43. The van der Waals surface area contributed by atoms with Crippen molar-refractivity contribution < 1.29 is 8.83 Å². The number of oxazole rings is 2. The first-order chi connectivity index (χ1) is 17.9. The van der Waals surface area contributed by atoms with E-state index in [-0.39, 0.29) is 0 Å². The summed E-state index contributed by atoms with van der Waals surface area (Å²) in [5, 5.41) is 4.61. The third-order valence-electron chi connectivity index (χ3n) is 6.41. The van der Waals surface area contributed by atoms with E-state index < -0.39 is 0 Å². The first-order valence-corrected chi connectivity index (χ1v) is 11.5. The second kappa shape index (κ2) is 8.29. The second-order valence-corrected chi connectivity index (χ2v) is 8.44. The lowest BCUT2D eigenvalue weighted by Gasteiger charge is -2.17. The molecule has 0 atom stereocenters. The molecule has 0 aliphatic carbocycles. The highest BCUT2D eigenvalue weighted by Gasteiger charge is 2.17. The molecule has 0 aliphatic rings. The fourth-order valence-corrected chi connectivity index (χ4v) is 4.81. The zero-order valence-corrected chi connectivity index (χ0v) is 19.0. The first-order valence-electron chi connectivity index (χ1n) is 11.5. The molecule has 0 fully saturated rings. The number of hydrogen-bond acceptors (Lipinski definition) is 6. The van der Waals surface area contributed by atoms with Crippen molar-refractivity contribution in [1.29, 1.82) is 0 Å². The maximum atomic E-state index is 5.41. The SMILES string of the molecule is c1ccc2c(-c3ccc(-c4cnco4)nc3)c3ccccc3c(-c3ccc(-c4cnco4)nc3)c2c1. The minimum atomic E-state index is 0.646. The van der Waals surface area contributed by atoms with E-state index in [1.165, 1.54) is 12.8 Å². The summed E-state index contributed by atoms with van der Waals surface area (Å²) in [5.74, 6) is 1.29. The quantitative estimate of drug-likeness (QED) is 0.251. The van der Waals surface area contributed by atoms with Gasteiger partial charge in [0.15, 0.2) is 24.3 Å². The molecule has 3 aromatic carbocycles. The molecule has 0 aliphatic heterocycles. The van der Waals surface area contributed by atoms with Crippen molar-refractivity contribution in [3.05, 3.63) is 110 Å². The number of rotatable bonds is 4. The molecule has 7 aromatic rings. The van der Waals surface area contributed by atoms with Gasteiger partial charge in [0.25, 0.3) is 0 Å². The Morgan fingerprint density at radius 1 is 0.444 bits per heavy atom. The van der Waals surface area contributed by atoms with Crippen LogP contribution in [0.25, 0.3) is 66.7 Å². The van der Waals surface area contributed by atoms with Crippen molar-refractivity contribution in [2.24, 2.45) is 0 Å². The van der Waals surface area contributed by atoms with E-state index in [1.54, 1.807) is 12.4 Å². The van der Waals surface area contributed by atoms with Crippen LogP contribution < -0.4 is 0 Å². The number of pyridine rings is 2. The average molecular weight is 467 g/mol. The summed E-state index contributed by atoms with van der Waals surface area (Å²) in [6.07, 6.45) is 9.97. The summed E-state index contributed by atoms with van der Waals surface area (Å²) in [7, 11) is 0. The second-order valence-electron chi connectivity index (χ2n) is 8.44. The maximum Gasteiger partial charge on any atom is 0.181 e. The Labute approximate surface area is 205 Å². The van der Waals surface area contributed by atoms with Gasteiger partial charge in [0.2, 0.25) is 0 Å². The van der Waals surface area contributed by atoms with E-state index >= 15 is 0 Å². The molecular formula is C30H18N4O2. The summed E-state index contributed by atoms with van der Waals surface area (Å²) in [4.78, 5) is 17.3. The molecule has 170 valence electrons. The van der Waals surface area contributed by atoms with Gasteiger partial charge in [-0.2, -0.15) is 0 Å². The van der Waals surface area contributed by atoms with Gasteiger partial charge in [-0.05, 0) is 44.8 Å². The van der Waals surface area contributed by atoms with Crippen LogP contribution in [0.3, 0.4) is 0 Å². The summed E-state index contributed by atoms with van der Waals surface area (Å²) < 4.78 is 10.8. The Kier molecular flexibility index (Phi) is 4.67. The van der Waals surface area contributed by atoms with E-state index in [0.29, 0.717) is 11.5 Å². The van der Waals surface area contributed by atoms with Crippen molar-refractivity contribution in [1.82, 2.24) is 19.9 Å². The zero-order valence-electron chi connectivity index (χ0n) is 19.0.